The van der Waals surface area contributed by atoms with Crippen LogP contribution in [-0.4, -0.2) is 24.8 Å². The summed E-state index contributed by atoms with van der Waals surface area (Å²) in [6, 6.07) is 4.27. The number of aryl methyl sites for hydroxylation is 2. The van der Waals surface area contributed by atoms with Gasteiger partial charge in [-0.3, -0.25) is 4.98 Å². The Morgan fingerprint density at radius 2 is 2.18 bits per heavy atom. The molecule has 1 aromatic rings. The molecule has 0 bridgehead atoms. The Kier molecular flexibility index (Phi) is 3.80. The highest BCUT2D eigenvalue weighted by atomic mass is 14.9. The molecule has 0 aliphatic carbocycles. The van der Waals surface area contributed by atoms with Gasteiger partial charge in [0.2, 0.25) is 0 Å². The van der Waals surface area contributed by atoms with Crippen LogP contribution in [0.15, 0.2) is 12.1 Å². The summed E-state index contributed by atoms with van der Waals surface area (Å²) in [5, 5.41) is 12.5. The van der Waals surface area contributed by atoms with Crippen LogP contribution in [0.2, 0.25) is 12.1 Å². The van der Waals surface area contributed by atoms with Gasteiger partial charge in [-0.25, -0.2) is 5.26 Å². The smallest absolute Gasteiger partial charge is 0.273 e. The molecule has 17 heavy (non-hydrogen) atoms. The fraction of sp³-hybridized carbons (Fsp3) is 0.538. The number of nitrogens with one attached hydrogen (secondary N) is 1. The molecule has 0 radical (unpaired) electrons. The van der Waals surface area contributed by atoms with Gasteiger partial charge in [0.1, 0.15) is 0 Å². The number of hydrogen-bond acceptors (Lipinski definition) is 3. The third-order valence-electron chi connectivity index (χ3n) is 3.41. The van der Waals surface area contributed by atoms with Crippen molar-refractivity contribution < 1.29 is 0 Å². The van der Waals surface area contributed by atoms with Crippen molar-refractivity contribution in [3.8, 4) is 5.97 Å². The second-order valence-corrected chi connectivity index (χ2v) is 4.95. The summed E-state index contributed by atoms with van der Waals surface area (Å²) >= 11 is 0. The summed E-state index contributed by atoms with van der Waals surface area (Å²) in [5.41, 5.74) is 3.44. The molecule has 88 valence electrons. The van der Waals surface area contributed by atoms with E-state index in [9.17, 15) is 0 Å². The number of nitriles is 1. The van der Waals surface area contributed by atoms with Crippen molar-refractivity contribution in [2.24, 2.45) is 0 Å². The van der Waals surface area contributed by atoms with E-state index in [1.54, 1.807) is 0 Å². The molecule has 1 N–H and O–H groups in total. The number of nitrogens with zero attached hydrogens (tertiary/aromatic N) is 2. The van der Waals surface area contributed by atoms with Gasteiger partial charge in [0.15, 0.2) is 0 Å². The quantitative estimate of drug-likeness (QED) is 0.783. The number of pyridine rings is 1. The second-order valence-electron chi connectivity index (χ2n) is 4.95. The van der Waals surface area contributed by atoms with Gasteiger partial charge >= 0.3 is 0 Å². The van der Waals surface area contributed by atoms with Gasteiger partial charge in [0, 0.05) is 17.4 Å². The van der Waals surface area contributed by atoms with Crippen molar-refractivity contribution in [2.45, 2.75) is 32.4 Å². The number of aromatic nitrogens is 1. The molecule has 1 aliphatic rings. The minimum absolute atomic E-state index is 0.199. The summed E-state index contributed by atoms with van der Waals surface area (Å²) in [5.74, 6) is 2.89. The largest absolute Gasteiger partial charge is 0.318 e. The molecule has 0 aromatic carbocycles. The Bertz CT molecular complexity index is 419. The van der Waals surface area contributed by atoms with Gasteiger partial charge in [-0.2, -0.15) is 0 Å². The van der Waals surface area contributed by atoms with E-state index in [-0.39, 0.29) is 6.71 Å². The SMILES string of the molecule is Cc1cc(CC2CNCCB2C#N)cc(C)n1. The topological polar surface area (TPSA) is 48.7 Å². The fourth-order valence-corrected chi connectivity index (χ4v) is 2.65. The summed E-state index contributed by atoms with van der Waals surface area (Å²) in [6.45, 7) is 6.18. The van der Waals surface area contributed by atoms with Crippen LogP contribution in [0.4, 0.5) is 0 Å². The van der Waals surface area contributed by atoms with Gasteiger partial charge in [-0.05, 0) is 63.2 Å². The normalized spacial score (nSPS) is 20.1. The molecular formula is C13H18BN3. The van der Waals surface area contributed by atoms with E-state index in [0.717, 1.165) is 37.2 Å². The summed E-state index contributed by atoms with van der Waals surface area (Å²) < 4.78 is 0. The molecule has 1 atom stereocenters. The summed E-state index contributed by atoms with van der Waals surface area (Å²) in [4.78, 5) is 4.39. The predicted molar refractivity (Wildman–Crippen MR) is 70.2 cm³/mol. The molecule has 4 heteroatoms. The molecule has 1 aliphatic heterocycles. The van der Waals surface area contributed by atoms with Crippen molar-refractivity contribution in [2.75, 3.05) is 13.1 Å². The third-order valence-corrected chi connectivity index (χ3v) is 3.41. The van der Waals surface area contributed by atoms with Crippen molar-refractivity contribution >= 4 is 6.71 Å². The Morgan fingerprint density at radius 1 is 1.47 bits per heavy atom. The average Bonchev–Trinajstić information content (AvgIpc) is 2.28. The summed E-state index contributed by atoms with van der Waals surface area (Å²) in [6.07, 6.45) is 1.96. The molecule has 2 rings (SSSR count). The molecule has 1 saturated heterocycles. The Hall–Kier alpha value is -1.34. The lowest BCUT2D eigenvalue weighted by Gasteiger charge is -2.25. The zero-order chi connectivity index (χ0) is 12.3. The maximum Gasteiger partial charge on any atom is 0.273 e. The lowest BCUT2D eigenvalue weighted by molar-refractivity contribution is 0.627. The Labute approximate surface area is 103 Å². The molecule has 1 fully saturated rings. The molecule has 3 nitrogen and oxygen atoms in total. The highest BCUT2D eigenvalue weighted by molar-refractivity contribution is 6.68. The second kappa shape index (κ2) is 5.33. The highest BCUT2D eigenvalue weighted by Gasteiger charge is 2.29. The van der Waals surface area contributed by atoms with Gasteiger partial charge < -0.3 is 5.32 Å². The van der Waals surface area contributed by atoms with E-state index in [2.05, 4.69) is 28.4 Å². The Morgan fingerprint density at radius 3 is 2.82 bits per heavy atom. The first-order valence-corrected chi connectivity index (χ1v) is 6.23. The first kappa shape index (κ1) is 12.1. The molecule has 1 unspecified atom stereocenters. The van der Waals surface area contributed by atoms with Gasteiger partial charge in [0.25, 0.3) is 6.71 Å². The van der Waals surface area contributed by atoms with E-state index < -0.39 is 0 Å². The molecule has 2 heterocycles. The first-order valence-electron chi connectivity index (χ1n) is 6.23. The minimum Gasteiger partial charge on any atom is -0.318 e. The fourth-order valence-electron chi connectivity index (χ4n) is 2.65. The molecular weight excluding hydrogens is 209 g/mol. The van der Waals surface area contributed by atoms with Crippen molar-refractivity contribution in [3.63, 3.8) is 0 Å². The van der Waals surface area contributed by atoms with E-state index in [1.807, 2.05) is 13.8 Å². The lowest BCUT2D eigenvalue weighted by Crippen LogP contribution is -2.39. The van der Waals surface area contributed by atoms with Crippen LogP contribution >= 0.6 is 0 Å². The lowest BCUT2D eigenvalue weighted by atomic mass is 9.38. The molecule has 0 amide bonds. The minimum atomic E-state index is 0.199. The standard InChI is InChI=1S/C13H18BN3/c1-10-5-12(6-11(2)17-10)7-13-8-16-4-3-14(13)9-15/h5-6,13,16H,3-4,7-8H2,1-2H3. The Balaban J connectivity index is 2.11. The monoisotopic (exact) mass is 227 g/mol. The predicted octanol–water partition coefficient (Wildman–Crippen LogP) is 1.77. The first-order chi connectivity index (χ1) is 8.19. The summed E-state index contributed by atoms with van der Waals surface area (Å²) in [7, 11) is 0. The van der Waals surface area contributed by atoms with Crippen LogP contribution in [0.3, 0.4) is 0 Å². The van der Waals surface area contributed by atoms with Crippen molar-refractivity contribution in [1.29, 1.82) is 5.26 Å². The maximum atomic E-state index is 9.16. The van der Waals surface area contributed by atoms with E-state index in [0.29, 0.717) is 5.82 Å². The van der Waals surface area contributed by atoms with E-state index in [1.165, 1.54) is 5.56 Å². The highest BCUT2D eigenvalue weighted by Crippen LogP contribution is 2.22. The van der Waals surface area contributed by atoms with Gasteiger partial charge in [-0.1, -0.05) is 0 Å². The average molecular weight is 227 g/mol. The number of hydrogen-bond donors (Lipinski definition) is 1. The molecule has 1 aromatic heterocycles. The van der Waals surface area contributed by atoms with Crippen LogP contribution in [0, 0.1) is 25.1 Å². The molecule has 0 saturated carbocycles. The van der Waals surface area contributed by atoms with Crippen LogP contribution in [0.5, 0.6) is 0 Å². The maximum absolute atomic E-state index is 9.16. The van der Waals surface area contributed by atoms with E-state index >= 15 is 0 Å². The van der Waals surface area contributed by atoms with Gasteiger partial charge in [0.05, 0.1) is 0 Å². The van der Waals surface area contributed by atoms with Crippen LogP contribution in [0.25, 0.3) is 0 Å². The zero-order valence-corrected chi connectivity index (χ0v) is 10.5. The van der Waals surface area contributed by atoms with Crippen molar-refractivity contribution in [3.05, 3.63) is 29.1 Å². The van der Waals surface area contributed by atoms with Crippen LogP contribution in [0.1, 0.15) is 17.0 Å². The molecule has 0 spiro atoms. The van der Waals surface area contributed by atoms with Crippen molar-refractivity contribution in [1.82, 2.24) is 10.3 Å². The van der Waals surface area contributed by atoms with Gasteiger partial charge in [-0.15, -0.1) is 0 Å². The number of rotatable bonds is 2. The third kappa shape index (κ3) is 3.07. The zero-order valence-electron chi connectivity index (χ0n) is 10.5. The van der Waals surface area contributed by atoms with E-state index in [4.69, 9.17) is 5.26 Å². The van der Waals surface area contributed by atoms with Crippen LogP contribution in [-0.2, 0) is 6.42 Å². The van der Waals surface area contributed by atoms with Crippen LogP contribution < -0.4 is 5.32 Å².